The number of sulfone groups is 1. The van der Waals surface area contributed by atoms with E-state index in [1.807, 2.05) is 0 Å². The van der Waals surface area contributed by atoms with E-state index in [4.69, 9.17) is 0 Å². The van der Waals surface area contributed by atoms with E-state index in [1.54, 1.807) is 6.92 Å². The zero-order valence-electron chi connectivity index (χ0n) is 11.9. The summed E-state index contributed by atoms with van der Waals surface area (Å²) in [6, 6.07) is 0.646. The maximum atomic E-state index is 12.0. The van der Waals surface area contributed by atoms with Crippen LogP contribution in [-0.4, -0.2) is 52.2 Å². The molecule has 0 aromatic rings. The Hall–Kier alpha value is -0.180. The highest BCUT2D eigenvalue weighted by atomic mass is 32.2. The van der Waals surface area contributed by atoms with Crippen molar-refractivity contribution in [1.82, 2.24) is 10.0 Å². The molecule has 20 heavy (non-hydrogen) atoms. The van der Waals surface area contributed by atoms with Gasteiger partial charge in [-0.1, -0.05) is 0 Å². The van der Waals surface area contributed by atoms with Gasteiger partial charge in [0.25, 0.3) is 0 Å². The first-order valence-corrected chi connectivity index (χ1v) is 10.6. The van der Waals surface area contributed by atoms with Crippen molar-refractivity contribution in [2.75, 3.05) is 23.8 Å². The summed E-state index contributed by atoms with van der Waals surface area (Å²) in [7, 11) is -6.50. The molecule has 0 radical (unpaired) electrons. The standard InChI is InChI=1S/C12H24N2O4S2/c1-12(6-9-19(15,16)10-12)14-20(17,18)8-3-2-7-13-11-4-5-11/h11,13-14H,2-10H2,1H3. The molecule has 1 unspecified atom stereocenters. The van der Waals surface area contributed by atoms with Gasteiger partial charge in [0.05, 0.1) is 17.3 Å². The number of rotatable bonds is 8. The second-order valence-corrected chi connectivity index (χ2v) is 10.3. The van der Waals surface area contributed by atoms with Gasteiger partial charge >= 0.3 is 0 Å². The average Bonchev–Trinajstić information content (AvgIpc) is 3.04. The lowest BCUT2D eigenvalue weighted by Crippen LogP contribution is -2.47. The maximum Gasteiger partial charge on any atom is 0.212 e. The minimum atomic E-state index is -3.40. The van der Waals surface area contributed by atoms with Gasteiger partial charge in [0.1, 0.15) is 0 Å². The third-order valence-corrected chi connectivity index (χ3v) is 7.29. The summed E-state index contributed by atoms with van der Waals surface area (Å²) in [5.41, 5.74) is -0.829. The predicted molar refractivity (Wildman–Crippen MR) is 78.9 cm³/mol. The molecule has 118 valence electrons. The largest absolute Gasteiger partial charge is 0.314 e. The third-order valence-electron chi connectivity index (χ3n) is 3.76. The highest BCUT2D eigenvalue weighted by molar-refractivity contribution is 7.92. The van der Waals surface area contributed by atoms with E-state index in [0.29, 0.717) is 18.9 Å². The Bertz CT molecular complexity index is 540. The fourth-order valence-corrected chi connectivity index (χ4v) is 6.32. The first kappa shape index (κ1) is 16.2. The number of sulfonamides is 1. The summed E-state index contributed by atoms with van der Waals surface area (Å²) >= 11 is 0. The van der Waals surface area contributed by atoms with E-state index >= 15 is 0 Å². The van der Waals surface area contributed by atoms with Gasteiger partial charge in [-0.15, -0.1) is 0 Å². The molecule has 0 bridgehead atoms. The molecule has 1 aliphatic carbocycles. The van der Waals surface area contributed by atoms with Crippen LogP contribution in [0.15, 0.2) is 0 Å². The topological polar surface area (TPSA) is 92.3 Å². The number of unbranched alkanes of at least 4 members (excludes halogenated alkanes) is 1. The Morgan fingerprint density at radius 2 is 1.95 bits per heavy atom. The molecule has 2 aliphatic rings. The van der Waals surface area contributed by atoms with Crippen molar-refractivity contribution < 1.29 is 16.8 Å². The lowest BCUT2D eigenvalue weighted by atomic mass is 10.0. The smallest absolute Gasteiger partial charge is 0.212 e. The Morgan fingerprint density at radius 3 is 2.50 bits per heavy atom. The minimum Gasteiger partial charge on any atom is -0.314 e. The first-order chi connectivity index (χ1) is 9.20. The Morgan fingerprint density at radius 1 is 1.25 bits per heavy atom. The maximum absolute atomic E-state index is 12.0. The van der Waals surface area contributed by atoms with Gasteiger partial charge in [-0.3, -0.25) is 0 Å². The van der Waals surface area contributed by atoms with Gasteiger partial charge in [-0.25, -0.2) is 21.6 Å². The summed E-state index contributed by atoms with van der Waals surface area (Å²) in [5, 5.41) is 3.34. The zero-order valence-corrected chi connectivity index (χ0v) is 13.5. The summed E-state index contributed by atoms with van der Waals surface area (Å²) in [5.74, 6) is 0.0365. The van der Waals surface area contributed by atoms with E-state index in [2.05, 4.69) is 10.0 Å². The van der Waals surface area contributed by atoms with Crippen molar-refractivity contribution in [3.63, 3.8) is 0 Å². The summed E-state index contributed by atoms with van der Waals surface area (Å²) in [6.45, 7) is 2.52. The monoisotopic (exact) mass is 324 g/mol. The van der Waals surface area contributed by atoms with Crippen molar-refractivity contribution >= 4 is 19.9 Å². The van der Waals surface area contributed by atoms with Crippen molar-refractivity contribution in [3.8, 4) is 0 Å². The van der Waals surface area contributed by atoms with Crippen LogP contribution in [0.1, 0.15) is 39.0 Å². The molecule has 0 aromatic heterocycles. The van der Waals surface area contributed by atoms with Gasteiger partial charge in [0, 0.05) is 11.6 Å². The van der Waals surface area contributed by atoms with Crippen molar-refractivity contribution in [2.24, 2.45) is 0 Å². The van der Waals surface area contributed by atoms with Crippen molar-refractivity contribution in [3.05, 3.63) is 0 Å². The lowest BCUT2D eigenvalue weighted by Gasteiger charge is -2.23. The summed E-state index contributed by atoms with van der Waals surface area (Å²) < 4.78 is 49.5. The van der Waals surface area contributed by atoms with Gasteiger partial charge < -0.3 is 5.32 Å². The molecular weight excluding hydrogens is 300 g/mol. The van der Waals surface area contributed by atoms with Crippen LogP contribution in [0.25, 0.3) is 0 Å². The van der Waals surface area contributed by atoms with Crippen LogP contribution in [0.5, 0.6) is 0 Å². The average molecular weight is 324 g/mol. The zero-order chi connectivity index (χ0) is 14.9. The summed E-state index contributed by atoms with van der Waals surface area (Å²) in [4.78, 5) is 0. The molecule has 1 atom stereocenters. The van der Waals surface area contributed by atoms with Crippen LogP contribution in [-0.2, 0) is 19.9 Å². The fraction of sp³-hybridized carbons (Fsp3) is 1.00. The van der Waals surface area contributed by atoms with E-state index in [9.17, 15) is 16.8 Å². The second kappa shape index (κ2) is 5.90. The molecule has 0 aromatic carbocycles. The molecule has 2 rings (SSSR count). The summed E-state index contributed by atoms with van der Waals surface area (Å²) in [6.07, 6.45) is 4.24. The van der Waals surface area contributed by atoms with E-state index in [1.165, 1.54) is 12.8 Å². The van der Waals surface area contributed by atoms with Gasteiger partial charge in [0.2, 0.25) is 10.0 Å². The molecular formula is C12H24N2O4S2. The van der Waals surface area contributed by atoms with Crippen LogP contribution in [0.4, 0.5) is 0 Å². The molecule has 0 spiro atoms. The molecule has 0 amide bonds. The molecule has 1 aliphatic heterocycles. The highest BCUT2D eigenvalue weighted by Crippen LogP contribution is 2.24. The fourth-order valence-electron chi connectivity index (χ4n) is 2.53. The first-order valence-electron chi connectivity index (χ1n) is 7.15. The van der Waals surface area contributed by atoms with Gasteiger partial charge in [-0.05, 0) is 45.6 Å². The Balaban J connectivity index is 1.72. The van der Waals surface area contributed by atoms with E-state index < -0.39 is 25.4 Å². The third kappa shape index (κ3) is 5.31. The molecule has 1 heterocycles. The molecule has 1 saturated heterocycles. The lowest BCUT2D eigenvalue weighted by molar-refractivity contribution is 0.460. The number of hydrogen-bond acceptors (Lipinski definition) is 5. The molecule has 2 fully saturated rings. The Labute approximate surface area is 121 Å². The molecule has 8 heteroatoms. The number of nitrogens with one attached hydrogen (secondary N) is 2. The number of hydrogen-bond donors (Lipinski definition) is 2. The predicted octanol–water partition coefficient (Wildman–Crippen LogP) is 0.0152. The van der Waals surface area contributed by atoms with Crippen molar-refractivity contribution in [2.45, 2.75) is 50.6 Å². The quantitative estimate of drug-likeness (QED) is 0.614. The van der Waals surface area contributed by atoms with Gasteiger partial charge in [0.15, 0.2) is 9.84 Å². The van der Waals surface area contributed by atoms with Crippen LogP contribution in [0.3, 0.4) is 0 Å². The van der Waals surface area contributed by atoms with E-state index in [-0.39, 0.29) is 17.3 Å². The normalized spacial score (nSPS) is 29.6. The molecule has 1 saturated carbocycles. The highest BCUT2D eigenvalue weighted by Gasteiger charge is 2.40. The minimum absolute atomic E-state index is 0.0645. The Kier molecular flexibility index (Phi) is 4.78. The van der Waals surface area contributed by atoms with Crippen LogP contribution >= 0.6 is 0 Å². The van der Waals surface area contributed by atoms with Crippen LogP contribution < -0.4 is 10.0 Å². The van der Waals surface area contributed by atoms with E-state index in [0.717, 1.165) is 13.0 Å². The molecule has 2 N–H and O–H groups in total. The van der Waals surface area contributed by atoms with Gasteiger partial charge in [-0.2, -0.15) is 0 Å². The van der Waals surface area contributed by atoms with Crippen molar-refractivity contribution in [1.29, 1.82) is 0 Å². The second-order valence-electron chi connectivity index (χ2n) is 6.26. The van der Waals surface area contributed by atoms with Crippen LogP contribution in [0, 0.1) is 0 Å². The molecule has 6 nitrogen and oxygen atoms in total. The SMILES string of the molecule is CC1(NS(=O)(=O)CCCCNC2CC2)CCS(=O)(=O)C1. The van der Waals surface area contributed by atoms with Crippen LogP contribution in [0.2, 0.25) is 0 Å².